The third kappa shape index (κ3) is 2.60. The summed E-state index contributed by atoms with van der Waals surface area (Å²) in [6.07, 6.45) is 0.957. The van der Waals surface area contributed by atoms with E-state index in [9.17, 15) is 4.79 Å². The molecule has 5 nitrogen and oxygen atoms in total. The van der Waals surface area contributed by atoms with Crippen LogP contribution in [0.3, 0.4) is 0 Å². The monoisotopic (exact) mass is 313 g/mol. The second-order valence-electron chi connectivity index (χ2n) is 6.47. The van der Waals surface area contributed by atoms with Crippen LogP contribution in [0.25, 0.3) is 0 Å². The fraction of sp³-hybridized carbons (Fsp3) is 0.444. The van der Waals surface area contributed by atoms with Gasteiger partial charge in [0.15, 0.2) is 0 Å². The van der Waals surface area contributed by atoms with Crippen LogP contribution in [0.15, 0.2) is 30.3 Å². The standard InChI is InChI=1S/C18H23N3O2/c1-5-23-17(22)15-13(2)19-21-16(15)20(12-11-18(21,3)4)14-9-7-6-8-10-14/h6-10H,5,11-12H2,1-4H3. The highest BCUT2D eigenvalue weighted by molar-refractivity contribution is 5.97. The second kappa shape index (κ2) is 5.72. The molecule has 23 heavy (non-hydrogen) atoms. The first-order valence-corrected chi connectivity index (χ1v) is 8.05. The second-order valence-corrected chi connectivity index (χ2v) is 6.47. The molecular formula is C18H23N3O2. The predicted octanol–water partition coefficient (Wildman–Crippen LogP) is 3.65. The van der Waals surface area contributed by atoms with Crippen LogP contribution in [0.2, 0.25) is 0 Å². The van der Waals surface area contributed by atoms with E-state index >= 15 is 0 Å². The number of fused-ring (bicyclic) bond motifs is 1. The van der Waals surface area contributed by atoms with Crippen LogP contribution in [0.5, 0.6) is 0 Å². The number of para-hydroxylation sites is 1. The van der Waals surface area contributed by atoms with Gasteiger partial charge in [-0.15, -0.1) is 0 Å². The van der Waals surface area contributed by atoms with Crippen molar-refractivity contribution < 1.29 is 9.53 Å². The molecule has 1 aliphatic rings. The van der Waals surface area contributed by atoms with E-state index in [1.807, 2.05) is 36.7 Å². The Hall–Kier alpha value is -2.30. The number of esters is 1. The Morgan fingerprint density at radius 1 is 1.30 bits per heavy atom. The van der Waals surface area contributed by atoms with E-state index in [0.29, 0.717) is 17.9 Å². The van der Waals surface area contributed by atoms with E-state index in [1.165, 1.54) is 0 Å². The number of carbonyl (C=O) groups excluding carboxylic acids is 1. The van der Waals surface area contributed by atoms with E-state index < -0.39 is 0 Å². The van der Waals surface area contributed by atoms with E-state index in [2.05, 4.69) is 36.0 Å². The Morgan fingerprint density at radius 3 is 2.65 bits per heavy atom. The maximum absolute atomic E-state index is 12.5. The van der Waals surface area contributed by atoms with E-state index in [1.54, 1.807) is 0 Å². The molecule has 1 aromatic heterocycles. The zero-order valence-corrected chi connectivity index (χ0v) is 14.2. The summed E-state index contributed by atoms with van der Waals surface area (Å²) in [5.74, 6) is 0.535. The summed E-state index contributed by atoms with van der Waals surface area (Å²) in [6, 6.07) is 10.1. The van der Waals surface area contributed by atoms with Gasteiger partial charge < -0.3 is 9.64 Å². The van der Waals surface area contributed by atoms with Crippen molar-refractivity contribution in [2.45, 2.75) is 39.7 Å². The van der Waals surface area contributed by atoms with Crippen molar-refractivity contribution in [3.63, 3.8) is 0 Å². The molecule has 0 N–H and O–H groups in total. The van der Waals surface area contributed by atoms with Gasteiger partial charge in [0.2, 0.25) is 0 Å². The Labute approximate surface area is 136 Å². The molecular weight excluding hydrogens is 290 g/mol. The lowest BCUT2D eigenvalue weighted by atomic mass is 9.97. The van der Waals surface area contributed by atoms with Crippen LogP contribution in [-0.2, 0) is 10.3 Å². The number of aryl methyl sites for hydroxylation is 1. The molecule has 2 aromatic rings. The van der Waals surface area contributed by atoms with E-state index in [4.69, 9.17) is 4.74 Å². The average molecular weight is 313 g/mol. The van der Waals surface area contributed by atoms with Crippen LogP contribution in [0.1, 0.15) is 43.2 Å². The summed E-state index contributed by atoms with van der Waals surface area (Å²) in [7, 11) is 0. The molecule has 2 heterocycles. The number of nitrogens with zero attached hydrogens (tertiary/aromatic N) is 3. The Morgan fingerprint density at radius 2 is 2.00 bits per heavy atom. The first kappa shape index (κ1) is 15.6. The molecule has 5 heteroatoms. The molecule has 0 saturated heterocycles. The molecule has 0 aliphatic carbocycles. The maximum atomic E-state index is 12.5. The molecule has 0 saturated carbocycles. The minimum absolute atomic E-state index is 0.129. The van der Waals surface area contributed by atoms with Gasteiger partial charge in [0.25, 0.3) is 0 Å². The molecule has 3 rings (SSSR count). The number of hydrogen-bond donors (Lipinski definition) is 0. The van der Waals surface area contributed by atoms with E-state index in [0.717, 1.165) is 24.5 Å². The molecule has 1 aromatic carbocycles. The molecule has 122 valence electrons. The van der Waals surface area contributed by atoms with E-state index in [-0.39, 0.29) is 11.5 Å². The molecule has 1 aliphatic heterocycles. The van der Waals surface area contributed by atoms with Crippen LogP contribution in [-0.4, -0.2) is 28.9 Å². The summed E-state index contributed by atoms with van der Waals surface area (Å²) in [6.45, 7) is 9.20. The lowest BCUT2D eigenvalue weighted by molar-refractivity contribution is 0.0526. The first-order chi connectivity index (χ1) is 11.0. The number of anilines is 2. The minimum Gasteiger partial charge on any atom is -0.462 e. The van der Waals surface area contributed by atoms with Gasteiger partial charge in [-0.1, -0.05) is 18.2 Å². The zero-order valence-electron chi connectivity index (χ0n) is 14.2. The normalized spacial score (nSPS) is 16.1. The average Bonchev–Trinajstić information content (AvgIpc) is 2.87. The van der Waals surface area contributed by atoms with Crippen LogP contribution < -0.4 is 4.90 Å². The maximum Gasteiger partial charge on any atom is 0.343 e. The third-order valence-electron chi connectivity index (χ3n) is 4.36. The molecule has 0 atom stereocenters. The van der Waals surface area contributed by atoms with Gasteiger partial charge >= 0.3 is 5.97 Å². The van der Waals surface area contributed by atoms with Gasteiger partial charge in [-0.05, 0) is 46.2 Å². The quantitative estimate of drug-likeness (QED) is 0.812. The number of aromatic nitrogens is 2. The number of ether oxygens (including phenoxy) is 1. The van der Waals surface area contributed by atoms with Crippen molar-refractivity contribution in [3.8, 4) is 0 Å². The lowest BCUT2D eigenvalue weighted by Gasteiger charge is -2.39. The van der Waals surface area contributed by atoms with Crippen molar-refractivity contribution in [3.05, 3.63) is 41.6 Å². The number of hydrogen-bond acceptors (Lipinski definition) is 4. The summed E-state index contributed by atoms with van der Waals surface area (Å²) >= 11 is 0. The van der Waals surface area contributed by atoms with Crippen LogP contribution >= 0.6 is 0 Å². The first-order valence-electron chi connectivity index (χ1n) is 8.05. The van der Waals surface area contributed by atoms with Gasteiger partial charge in [0.1, 0.15) is 11.4 Å². The molecule has 0 bridgehead atoms. The van der Waals surface area contributed by atoms with Crippen molar-refractivity contribution in [1.29, 1.82) is 0 Å². The Bertz CT molecular complexity index is 719. The fourth-order valence-corrected chi connectivity index (χ4v) is 3.09. The lowest BCUT2D eigenvalue weighted by Crippen LogP contribution is -2.41. The summed E-state index contributed by atoms with van der Waals surface area (Å²) in [5, 5.41) is 4.66. The molecule has 0 amide bonds. The summed E-state index contributed by atoms with van der Waals surface area (Å²) < 4.78 is 7.24. The van der Waals surface area contributed by atoms with Crippen molar-refractivity contribution in [1.82, 2.24) is 9.78 Å². The number of benzene rings is 1. The fourth-order valence-electron chi connectivity index (χ4n) is 3.09. The zero-order chi connectivity index (χ0) is 16.6. The third-order valence-corrected chi connectivity index (χ3v) is 4.36. The van der Waals surface area contributed by atoms with Gasteiger partial charge in [-0.2, -0.15) is 5.10 Å². The Kier molecular flexibility index (Phi) is 3.88. The van der Waals surface area contributed by atoms with Gasteiger partial charge in [-0.25, -0.2) is 9.48 Å². The summed E-state index contributed by atoms with van der Waals surface area (Å²) in [4.78, 5) is 14.6. The number of rotatable bonds is 3. The minimum atomic E-state index is -0.301. The highest BCUT2D eigenvalue weighted by atomic mass is 16.5. The van der Waals surface area contributed by atoms with Gasteiger partial charge in [0.05, 0.1) is 17.8 Å². The van der Waals surface area contributed by atoms with Crippen molar-refractivity contribution in [2.24, 2.45) is 0 Å². The van der Waals surface area contributed by atoms with Crippen molar-refractivity contribution in [2.75, 3.05) is 18.1 Å². The smallest absolute Gasteiger partial charge is 0.343 e. The molecule has 0 fully saturated rings. The van der Waals surface area contributed by atoms with Crippen LogP contribution in [0.4, 0.5) is 11.5 Å². The SMILES string of the molecule is CCOC(=O)c1c(C)nn2c1N(c1ccccc1)CCC2(C)C. The largest absolute Gasteiger partial charge is 0.462 e. The Balaban J connectivity index is 2.18. The molecule has 0 radical (unpaired) electrons. The molecule has 0 spiro atoms. The number of carbonyl (C=O) groups is 1. The summed E-state index contributed by atoms with van der Waals surface area (Å²) in [5.41, 5.74) is 2.23. The van der Waals surface area contributed by atoms with Gasteiger partial charge in [-0.3, -0.25) is 0 Å². The van der Waals surface area contributed by atoms with Crippen molar-refractivity contribution >= 4 is 17.5 Å². The molecule has 0 unspecified atom stereocenters. The highest BCUT2D eigenvalue weighted by Crippen LogP contribution is 2.40. The predicted molar refractivity (Wildman–Crippen MR) is 90.3 cm³/mol. The highest BCUT2D eigenvalue weighted by Gasteiger charge is 2.37. The topological polar surface area (TPSA) is 47.4 Å². The van der Waals surface area contributed by atoms with Gasteiger partial charge in [0, 0.05) is 12.2 Å². The van der Waals surface area contributed by atoms with Crippen LogP contribution in [0, 0.1) is 6.92 Å².